The summed E-state index contributed by atoms with van der Waals surface area (Å²) in [5.41, 5.74) is 4.54. The molecule has 192 valence electrons. The fraction of sp³-hybridized carbons (Fsp3) is 0.519. The lowest BCUT2D eigenvalue weighted by molar-refractivity contribution is 0.108. The Kier molecular flexibility index (Phi) is 6.96. The number of rotatable bonds is 8. The maximum atomic E-state index is 10.0. The Morgan fingerprint density at radius 1 is 1.17 bits per heavy atom. The number of aliphatic hydroxyl groups excluding tert-OH is 1. The molecule has 2 saturated heterocycles. The van der Waals surface area contributed by atoms with Gasteiger partial charge in [-0.1, -0.05) is 17.3 Å². The van der Waals surface area contributed by atoms with E-state index >= 15 is 0 Å². The number of fused-ring (bicyclic) bond motifs is 2. The monoisotopic (exact) mass is 492 g/mol. The fourth-order valence-electron chi connectivity index (χ4n) is 5.62. The summed E-state index contributed by atoms with van der Waals surface area (Å²) in [5.74, 6) is 3.06. The van der Waals surface area contributed by atoms with E-state index in [-0.39, 0.29) is 6.61 Å². The minimum Gasteiger partial charge on any atom is -0.491 e. The third-order valence-corrected chi connectivity index (χ3v) is 7.27. The van der Waals surface area contributed by atoms with Gasteiger partial charge in [0.05, 0.1) is 17.0 Å². The Balaban J connectivity index is 1.58. The maximum absolute atomic E-state index is 10.0. The number of ether oxygens (including phenoxy) is 1. The molecule has 2 aliphatic rings. The van der Waals surface area contributed by atoms with E-state index in [1.165, 1.54) is 12.8 Å². The molecule has 0 saturated carbocycles. The summed E-state index contributed by atoms with van der Waals surface area (Å²) < 4.78 is 11.4. The topological polar surface area (TPSA) is 99.8 Å². The normalized spacial score (nSPS) is 20.7. The van der Waals surface area contributed by atoms with Crippen LogP contribution in [0.3, 0.4) is 0 Å². The molecule has 0 spiro atoms. The van der Waals surface area contributed by atoms with Gasteiger partial charge in [0.2, 0.25) is 0 Å². The van der Waals surface area contributed by atoms with Gasteiger partial charge in [-0.15, -0.1) is 0 Å². The maximum Gasteiger partial charge on any atom is 0.162 e. The molecule has 2 N–H and O–H groups in total. The number of aliphatic hydroxyl groups is 1. The van der Waals surface area contributed by atoms with Gasteiger partial charge in [0, 0.05) is 42.8 Å². The zero-order valence-electron chi connectivity index (χ0n) is 21.8. The molecule has 1 aromatic carbocycles. The number of likely N-dealkylation sites (tertiary alicyclic amines) is 1. The average molecular weight is 493 g/mol. The molecule has 0 amide bonds. The van der Waals surface area contributed by atoms with Crippen molar-refractivity contribution in [2.24, 2.45) is 0 Å². The van der Waals surface area contributed by atoms with Crippen molar-refractivity contribution in [2.45, 2.75) is 51.8 Å². The molecule has 2 aliphatic heterocycles. The smallest absolute Gasteiger partial charge is 0.162 e. The van der Waals surface area contributed by atoms with Crippen molar-refractivity contribution in [3.8, 4) is 28.4 Å². The molecule has 9 heteroatoms. The van der Waals surface area contributed by atoms with Crippen molar-refractivity contribution < 1.29 is 14.4 Å². The number of piperazine rings is 1. The summed E-state index contributed by atoms with van der Waals surface area (Å²) in [6.07, 6.45) is 1.76. The van der Waals surface area contributed by atoms with E-state index in [0.29, 0.717) is 30.2 Å². The van der Waals surface area contributed by atoms with E-state index in [0.717, 1.165) is 52.7 Å². The van der Waals surface area contributed by atoms with Crippen molar-refractivity contribution in [1.29, 1.82) is 0 Å². The summed E-state index contributed by atoms with van der Waals surface area (Å²) in [4.78, 5) is 15.2. The van der Waals surface area contributed by atoms with Crippen LogP contribution in [0.2, 0.25) is 0 Å². The largest absolute Gasteiger partial charge is 0.491 e. The van der Waals surface area contributed by atoms with E-state index in [1.54, 1.807) is 7.05 Å². The van der Waals surface area contributed by atoms with Gasteiger partial charge in [-0.3, -0.25) is 0 Å². The van der Waals surface area contributed by atoms with Crippen LogP contribution in [-0.4, -0.2) is 83.7 Å². The molecule has 3 atom stereocenters. The first-order valence-electron chi connectivity index (χ1n) is 12.7. The molecule has 3 aromatic rings. The highest BCUT2D eigenvalue weighted by Crippen LogP contribution is 2.40. The highest BCUT2D eigenvalue weighted by Gasteiger charge is 2.41. The highest BCUT2D eigenvalue weighted by molar-refractivity contribution is 5.75. The number of nitrogens with one attached hydrogen (secondary N) is 1. The second kappa shape index (κ2) is 10.2. The van der Waals surface area contributed by atoms with Crippen molar-refractivity contribution in [3.05, 3.63) is 41.3 Å². The lowest BCUT2D eigenvalue weighted by Crippen LogP contribution is -2.53. The number of aryl methyl sites for hydroxylation is 2. The van der Waals surface area contributed by atoms with E-state index < -0.39 is 6.10 Å². The van der Waals surface area contributed by atoms with Crippen molar-refractivity contribution in [1.82, 2.24) is 25.3 Å². The summed E-state index contributed by atoms with van der Waals surface area (Å²) in [7, 11) is 4.01. The van der Waals surface area contributed by atoms with Crippen LogP contribution in [0.15, 0.2) is 28.8 Å². The molecule has 2 aromatic heterocycles. The van der Waals surface area contributed by atoms with E-state index in [2.05, 4.69) is 34.2 Å². The van der Waals surface area contributed by atoms with Gasteiger partial charge in [-0.25, -0.2) is 9.97 Å². The summed E-state index contributed by atoms with van der Waals surface area (Å²) in [6, 6.07) is 8.65. The SMILES string of the molecule is CNCC(O)COc1cccc(-c2nc(-c3c(C)noc3C)c(C)c(N3C4CCC3CN(C)C4)n2)c1. The standard InChI is InChI=1S/C27H36N6O3/c1-16-25(24-17(2)31-36-18(24)3)29-26(19-7-6-8-23(11-19)35-15-22(34)12-28-4)30-27(16)33-20-9-10-21(33)14-32(5)13-20/h6-8,11,20-22,28,34H,9-10,12-15H2,1-5H3. The molecule has 36 heavy (non-hydrogen) atoms. The van der Waals surface area contributed by atoms with Gasteiger partial charge in [-0.05, 0) is 59.8 Å². The third kappa shape index (κ3) is 4.70. The van der Waals surface area contributed by atoms with Crippen LogP contribution in [-0.2, 0) is 0 Å². The van der Waals surface area contributed by atoms with Crippen LogP contribution in [0, 0.1) is 20.8 Å². The first-order valence-corrected chi connectivity index (χ1v) is 12.7. The molecule has 4 heterocycles. The number of benzene rings is 1. The lowest BCUT2D eigenvalue weighted by Gasteiger charge is -2.41. The average Bonchev–Trinajstić information content (AvgIpc) is 3.33. The van der Waals surface area contributed by atoms with Crippen molar-refractivity contribution in [2.75, 3.05) is 45.2 Å². The first kappa shape index (κ1) is 24.7. The molecule has 0 radical (unpaired) electrons. The van der Waals surface area contributed by atoms with E-state index in [9.17, 15) is 5.11 Å². The quantitative estimate of drug-likeness (QED) is 0.492. The minimum atomic E-state index is -0.584. The molecule has 2 bridgehead atoms. The van der Waals surface area contributed by atoms with Crippen LogP contribution < -0.4 is 15.0 Å². The predicted molar refractivity (Wildman–Crippen MR) is 139 cm³/mol. The van der Waals surface area contributed by atoms with Gasteiger partial charge in [0.15, 0.2) is 5.82 Å². The summed E-state index contributed by atoms with van der Waals surface area (Å²) in [6.45, 7) is 8.75. The number of likely N-dealkylation sites (N-methyl/N-ethyl adjacent to an activating group) is 2. The molecule has 5 rings (SSSR count). The highest BCUT2D eigenvalue weighted by atomic mass is 16.5. The number of hydrogen-bond donors (Lipinski definition) is 2. The Bertz CT molecular complexity index is 1190. The van der Waals surface area contributed by atoms with Crippen LogP contribution in [0.25, 0.3) is 22.6 Å². The number of hydrogen-bond acceptors (Lipinski definition) is 9. The van der Waals surface area contributed by atoms with Crippen LogP contribution in [0.5, 0.6) is 5.75 Å². The lowest BCUT2D eigenvalue weighted by atomic mass is 10.0. The third-order valence-electron chi connectivity index (χ3n) is 7.27. The number of nitrogens with zero attached hydrogens (tertiary/aromatic N) is 5. The molecule has 0 aliphatic carbocycles. The molecule has 2 fully saturated rings. The number of anilines is 1. The van der Waals surface area contributed by atoms with Gasteiger partial charge < -0.3 is 29.5 Å². The second-order valence-corrected chi connectivity index (χ2v) is 10.1. The number of aromatic nitrogens is 3. The minimum absolute atomic E-state index is 0.208. The van der Waals surface area contributed by atoms with Crippen molar-refractivity contribution in [3.63, 3.8) is 0 Å². The Morgan fingerprint density at radius 2 is 1.92 bits per heavy atom. The van der Waals surface area contributed by atoms with Crippen molar-refractivity contribution >= 4 is 5.82 Å². The fourth-order valence-corrected chi connectivity index (χ4v) is 5.62. The molecular weight excluding hydrogens is 456 g/mol. The summed E-state index contributed by atoms with van der Waals surface area (Å²) >= 11 is 0. The Hall–Kier alpha value is -3.01. The zero-order chi connectivity index (χ0) is 25.4. The second-order valence-electron chi connectivity index (χ2n) is 10.1. The van der Waals surface area contributed by atoms with Crippen LogP contribution >= 0.6 is 0 Å². The van der Waals surface area contributed by atoms with Gasteiger partial charge >= 0.3 is 0 Å². The Labute approximate surface area is 212 Å². The molecular formula is C27H36N6O3. The van der Waals surface area contributed by atoms with Gasteiger partial charge in [0.1, 0.15) is 30.0 Å². The van der Waals surface area contributed by atoms with Crippen LogP contribution in [0.4, 0.5) is 5.82 Å². The van der Waals surface area contributed by atoms with Gasteiger partial charge in [-0.2, -0.15) is 0 Å². The predicted octanol–water partition coefficient (Wildman–Crippen LogP) is 2.97. The van der Waals surface area contributed by atoms with Gasteiger partial charge in [0.25, 0.3) is 0 Å². The molecule has 9 nitrogen and oxygen atoms in total. The molecule has 3 unspecified atom stereocenters. The van der Waals surface area contributed by atoms with E-state index in [1.807, 2.05) is 38.1 Å². The summed E-state index contributed by atoms with van der Waals surface area (Å²) in [5, 5.41) is 17.2. The first-order chi connectivity index (χ1) is 17.4. The van der Waals surface area contributed by atoms with E-state index in [4.69, 9.17) is 19.2 Å². The Morgan fingerprint density at radius 3 is 2.58 bits per heavy atom. The zero-order valence-corrected chi connectivity index (χ0v) is 21.8. The van der Waals surface area contributed by atoms with Crippen LogP contribution in [0.1, 0.15) is 29.9 Å².